The lowest BCUT2D eigenvalue weighted by Gasteiger charge is -2.11. The predicted molar refractivity (Wildman–Crippen MR) is 49.8 cm³/mol. The molecule has 5 nitrogen and oxygen atoms in total. The molecular weight excluding hydrogens is 243 g/mol. The number of carbonyl (C=O) groups excluding carboxylic acids is 1. The number of carboxylic acid groups (broad SMARTS) is 1. The standard InChI is InChI=1S/C9H6F3NO4/c10-9(11,12)17-5-1-2-7(13-4-14)6(3-5)8(15)16/h1-4H,(H,13,14)(H,15,16). The number of hydrogen-bond donors (Lipinski definition) is 2. The highest BCUT2D eigenvalue weighted by Gasteiger charge is 2.31. The number of nitrogens with one attached hydrogen (secondary N) is 1. The van der Waals surface area contributed by atoms with Crippen LogP contribution in [0.3, 0.4) is 0 Å². The molecule has 8 heteroatoms. The second kappa shape index (κ2) is 4.73. The molecule has 0 atom stereocenters. The highest BCUT2D eigenvalue weighted by Crippen LogP contribution is 2.27. The molecule has 0 aromatic heterocycles. The van der Waals surface area contributed by atoms with Gasteiger partial charge in [-0.1, -0.05) is 0 Å². The van der Waals surface area contributed by atoms with Crippen LogP contribution in [0.1, 0.15) is 10.4 Å². The molecule has 1 amide bonds. The number of amides is 1. The van der Waals surface area contributed by atoms with E-state index in [0.717, 1.165) is 12.1 Å². The summed E-state index contributed by atoms with van der Waals surface area (Å²) in [6.45, 7) is 0. The van der Waals surface area contributed by atoms with Crippen LogP contribution in [0.25, 0.3) is 0 Å². The fraction of sp³-hybridized carbons (Fsp3) is 0.111. The van der Waals surface area contributed by atoms with Crippen molar-refractivity contribution in [2.45, 2.75) is 6.36 Å². The first-order valence-electron chi connectivity index (χ1n) is 4.17. The number of halogens is 3. The van der Waals surface area contributed by atoms with Crippen LogP contribution in [-0.4, -0.2) is 23.8 Å². The number of benzene rings is 1. The van der Waals surface area contributed by atoms with E-state index in [9.17, 15) is 22.8 Å². The first-order chi connectivity index (χ1) is 7.83. The van der Waals surface area contributed by atoms with Crippen LogP contribution < -0.4 is 10.1 Å². The molecule has 1 rings (SSSR count). The molecule has 0 spiro atoms. The van der Waals surface area contributed by atoms with E-state index >= 15 is 0 Å². The van der Waals surface area contributed by atoms with E-state index in [1.54, 1.807) is 0 Å². The quantitative estimate of drug-likeness (QED) is 0.798. The zero-order valence-corrected chi connectivity index (χ0v) is 8.12. The third kappa shape index (κ3) is 3.67. The summed E-state index contributed by atoms with van der Waals surface area (Å²) in [5, 5.41) is 10.8. The lowest BCUT2D eigenvalue weighted by Crippen LogP contribution is -2.17. The molecule has 0 saturated carbocycles. The van der Waals surface area contributed by atoms with Crippen LogP contribution in [0.5, 0.6) is 5.75 Å². The van der Waals surface area contributed by atoms with Crippen LogP contribution in [0.15, 0.2) is 18.2 Å². The highest BCUT2D eigenvalue weighted by molar-refractivity contribution is 5.97. The lowest BCUT2D eigenvalue weighted by molar-refractivity contribution is -0.274. The van der Waals surface area contributed by atoms with Gasteiger partial charge in [0.15, 0.2) is 0 Å². The van der Waals surface area contributed by atoms with Gasteiger partial charge in [-0.15, -0.1) is 13.2 Å². The minimum atomic E-state index is -4.91. The summed E-state index contributed by atoms with van der Waals surface area (Å²) in [6, 6.07) is 2.56. The Kier molecular flexibility index (Phi) is 3.56. The third-order valence-electron chi connectivity index (χ3n) is 1.67. The zero-order chi connectivity index (χ0) is 13.1. The van der Waals surface area contributed by atoms with E-state index in [0.29, 0.717) is 6.07 Å². The summed E-state index contributed by atoms with van der Waals surface area (Å²) in [5.41, 5.74) is -0.624. The number of carboxylic acids is 1. The predicted octanol–water partition coefficient (Wildman–Crippen LogP) is 1.85. The summed E-state index contributed by atoms with van der Waals surface area (Å²) >= 11 is 0. The lowest BCUT2D eigenvalue weighted by atomic mass is 10.1. The second-order valence-electron chi connectivity index (χ2n) is 2.82. The number of alkyl halides is 3. The summed E-state index contributed by atoms with van der Waals surface area (Å²) < 4.78 is 39.2. The minimum absolute atomic E-state index is 0.123. The number of carbonyl (C=O) groups is 2. The molecule has 0 aliphatic carbocycles. The topological polar surface area (TPSA) is 75.6 Å². The van der Waals surface area contributed by atoms with Gasteiger partial charge in [0.05, 0.1) is 11.3 Å². The average molecular weight is 249 g/mol. The van der Waals surface area contributed by atoms with Crippen molar-refractivity contribution in [3.63, 3.8) is 0 Å². The largest absolute Gasteiger partial charge is 0.573 e. The summed E-state index contributed by atoms with van der Waals surface area (Å²) in [7, 11) is 0. The van der Waals surface area contributed by atoms with Crippen molar-refractivity contribution in [3.05, 3.63) is 23.8 Å². The van der Waals surface area contributed by atoms with E-state index in [1.165, 1.54) is 0 Å². The molecule has 17 heavy (non-hydrogen) atoms. The van der Waals surface area contributed by atoms with Crippen molar-refractivity contribution in [1.29, 1.82) is 0 Å². The molecule has 0 unspecified atom stereocenters. The molecular formula is C9H6F3NO4. The first kappa shape index (κ1) is 12.8. The molecule has 2 N–H and O–H groups in total. The number of hydrogen-bond acceptors (Lipinski definition) is 3. The van der Waals surface area contributed by atoms with E-state index < -0.39 is 23.6 Å². The number of rotatable bonds is 4. The number of aromatic carboxylic acids is 1. The molecule has 0 aliphatic heterocycles. The van der Waals surface area contributed by atoms with Crippen molar-refractivity contribution < 1.29 is 32.6 Å². The van der Waals surface area contributed by atoms with Gasteiger partial charge < -0.3 is 15.2 Å². The van der Waals surface area contributed by atoms with E-state index in [2.05, 4.69) is 4.74 Å². The molecule has 0 bridgehead atoms. The molecule has 0 saturated heterocycles. The maximum absolute atomic E-state index is 11.9. The van der Waals surface area contributed by atoms with Crippen molar-refractivity contribution in [1.82, 2.24) is 0 Å². The van der Waals surface area contributed by atoms with Gasteiger partial charge >= 0.3 is 12.3 Å². The Bertz CT molecular complexity index is 444. The molecule has 1 aromatic rings. The zero-order valence-electron chi connectivity index (χ0n) is 8.12. The smallest absolute Gasteiger partial charge is 0.478 e. The van der Waals surface area contributed by atoms with Crippen molar-refractivity contribution in [3.8, 4) is 5.75 Å². The van der Waals surface area contributed by atoms with E-state index in [-0.39, 0.29) is 12.1 Å². The SMILES string of the molecule is O=CNc1ccc(OC(F)(F)F)cc1C(=O)O. The fourth-order valence-corrected chi connectivity index (χ4v) is 1.09. The summed E-state index contributed by atoms with van der Waals surface area (Å²) in [6.07, 6.45) is -4.69. The van der Waals surface area contributed by atoms with Crippen LogP contribution in [0.2, 0.25) is 0 Å². The normalized spacial score (nSPS) is 10.8. The number of anilines is 1. The van der Waals surface area contributed by atoms with Gasteiger partial charge in [-0.05, 0) is 18.2 Å². The Morgan fingerprint density at radius 2 is 2.06 bits per heavy atom. The maximum atomic E-state index is 11.9. The van der Waals surface area contributed by atoms with Gasteiger partial charge in [-0.25, -0.2) is 4.79 Å². The van der Waals surface area contributed by atoms with E-state index in [1.807, 2.05) is 5.32 Å². The molecule has 0 radical (unpaired) electrons. The molecule has 0 heterocycles. The molecule has 92 valence electrons. The minimum Gasteiger partial charge on any atom is -0.478 e. The van der Waals surface area contributed by atoms with Gasteiger partial charge in [0.1, 0.15) is 5.75 Å². The second-order valence-corrected chi connectivity index (χ2v) is 2.82. The van der Waals surface area contributed by atoms with Gasteiger partial charge in [-0.3, -0.25) is 4.79 Å². The Hall–Kier alpha value is -2.25. The van der Waals surface area contributed by atoms with Crippen molar-refractivity contribution >= 4 is 18.1 Å². The Balaban J connectivity index is 3.09. The molecule has 1 aromatic carbocycles. The monoisotopic (exact) mass is 249 g/mol. The fourth-order valence-electron chi connectivity index (χ4n) is 1.09. The average Bonchev–Trinajstić information content (AvgIpc) is 2.18. The summed E-state index contributed by atoms with van der Waals surface area (Å²) in [5.74, 6) is -2.16. The third-order valence-corrected chi connectivity index (χ3v) is 1.67. The Morgan fingerprint density at radius 3 is 2.53 bits per heavy atom. The van der Waals surface area contributed by atoms with Gasteiger partial charge in [0.2, 0.25) is 6.41 Å². The Labute approximate surface area is 92.8 Å². The van der Waals surface area contributed by atoms with E-state index in [4.69, 9.17) is 5.11 Å². The maximum Gasteiger partial charge on any atom is 0.573 e. The number of ether oxygens (including phenoxy) is 1. The first-order valence-corrected chi connectivity index (χ1v) is 4.17. The molecule has 0 aliphatic rings. The van der Waals surface area contributed by atoms with Gasteiger partial charge in [0, 0.05) is 0 Å². The van der Waals surface area contributed by atoms with Crippen LogP contribution in [0.4, 0.5) is 18.9 Å². The highest BCUT2D eigenvalue weighted by atomic mass is 19.4. The van der Waals surface area contributed by atoms with Crippen molar-refractivity contribution in [2.24, 2.45) is 0 Å². The van der Waals surface area contributed by atoms with Gasteiger partial charge in [0.25, 0.3) is 0 Å². The van der Waals surface area contributed by atoms with Crippen molar-refractivity contribution in [2.75, 3.05) is 5.32 Å². The van der Waals surface area contributed by atoms with Crippen LogP contribution >= 0.6 is 0 Å². The Morgan fingerprint density at radius 1 is 1.41 bits per heavy atom. The van der Waals surface area contributed by atoms with Crippen LogP contribution in [-0.2, 0) is 4.79 Å². The summed E-state index contributed by atoms with van der Waals surface area (Å²) in [4.78, 5) is 20.9. The van der Waals surface area contributed by atoms with Crippen LogP contribution in [0, 0.1) is 0 Å². The van der Waals surface area contributed by atoms with Gasteiger partial charge in [-0.2, -0.15) is 0 Å². The molecule has 0 fully saturated rings.